The molecule has 0 unspecified atom stereocenters. The van der Waals surface area contributed by atoms with Crippen LogP contribution in [0.1, 0.15) is 10.4 Å². The highest BCUT2D eigenvalue weighted by Gasteiger charge is 2.00. The molecule has 0 fully saturated rings. The van der Waals surface area contributed by atoms with Crippen molar-refractivity contribution in [3.63, 3.8) is 0 Å². The average molecular weight is 215 g/mol. The summed E-state index contributed by atoms with van der Waals surface area (Å²) in [5.74, 6) is -0.283. The van der Waals surface area contributed by atoms with Crippen LogP contribution < -0.4 is 5.32 Å². The molecule has 0 atom stereocenters. The summed E-state index contributed by atoms with van der Waals surface area (Å²) < 4.78 is 12.7. The van der Waals surface area contributed by atoms with Gasteiger partial charge < -0.3 is 5.32 Å². The zero-order chi connectivity index (χ0) is 11.4. The number of aldehydes is 1. The maximum absolute atomic E-state index is 12.7. The average Bonchev–Trinajstić information content (AvgIpc) is 2.33. The zero-order valence-corrected chi connectivity index (χ0v) is 8.48. The van der Waals surface area contributed by atoms with Gasteiger partial charge in [0, 0.05) is 16.9 Å². The lowest BCUT2D eigenvalue weighted by atomic mass is 10.2. The first-order valence-electron chi connectivity index (χ1n) is 4.86. The number of para-hydroxylation sites is 1. The number of hydrogen-bond donors (Lipinski definition) is 1. The molecule has 0 aliphatic rings. The van der Waals surface area contributed by atoms with E-state index in [0.29, 0.717) is 11.3 Å². The second-order valence-electron chi connectivity index (χ2n) is 3.34. The fraction of sp³-hybridized carbons (Fsp3) is 0. The first kappa shape index (κ1) is 10.4. The van der Waals surface area contributed by atoms with Crippen molar-refractivity contribution in [3.05, 3.63) is 59.9 Å². The van der Waals surface area contributed by atoms with Crippen LogP contribution in [-0.4, -0.2) is 6.29 Å². The van der Waals surface area contributed by atoms with E-state index >= 15 is 0 Å². The third-order valence-electron chi connectivity index (χ3n) is 2.21. The molecule has 0 heterocycles. The molecule has 2 nitrogen and oxygen atoms in total. The molecule has 0 aliphatic heterocycles. The van der Waals surface area contributed by atoms with Crippen molar-refractivity contribution in [2.24, 2.45) is 0 Å². The minimum absolute atomic E-state index is 0.283. The van der Waals surface area contributed by atoms with Crippen LogP contribution in [0.15, 0.2) is 48.5 Å². The van der Waals surface area contributed by atoms with Crippen LogP contribution >= 0.6 is 0 Å². The van der Waals surface area contributed by atoms with E-state index in [0.717, 1.165) is 12.0 Å². The lowest BCUT2D eigenvalue weighted by Gasteiger charge is -2.08. The molecule has 2 rings (SSSR count). The van der Waals surface area contributed by atoms with Crippen molar-refractivity contribution in [1.29, 1.82) is 0 Å². The predicted molar refractivity (Wildman–Crippen MR) is 61.5 cm³/mol. The van der Waals surface area contributed by atoms with Crippen LogP contribution in [-0.2, 0) is 0 Å². The Morgan fingerprint density at radius 2 is 1.69 bits per heavy atom. The molecule has 0 aromatic heterocycles. The summed E-state index contributed by atoms with van der Waals surface area (Å²) in [5, 5.41) is 3.05. The molecule has 2 aromatic carbocycles. The molecule has 1 N–H and O–H groups in total. The Bertz CT molecular complexity index is 494. The van der Waals surface area contributed by atoms with Gasteiger partial charge >= 0.3 is 0 Å². The van der Waals surface area contributed by atoms with Crippen LogP contribution in [0.5, 0.6) is 0 Å². The van der Waals surface area contributed by atoms with Gasteiger partial charge in [-0.15, -0.1) is 0 Å². The van der Waals surface area contributed by atoms with E-state index in [1.807, 2.05) is 6.07 Å². The van der Waals surface area contributed by atoms with Crippen LogP contribution in [0.3, 0.4) is 0 Å². The summed E-state index contributed by atoms with van der Waals surface area (Å²) in [4.78, 5) is 10.8. The summed E-state index contributed by atoms with van der Waals surface area (Å²) in [7, 11) is 0. The third-order valence-corrected chi connectivity index (χ3v) is 2.21. The molecule has 16 heavy (non-hydrogen) atoms. The van der Waals surface area contributed by atoms with Crippen LogP contribution in [0.4, 0.5) is 15.8 Å². The second kappa shape index (κ2) is 4.57. The highest BCUT2D eigenvalue weighted by molar-refractivity contribution is 5.85. The van der Waals surface area contributed by atoms with E-state index in [1.54, 1.807) is 30.3 Å². The van der Waals surface area contributed by atoms with Crippen LogP contribution in [0, 0.1) is 5.82 Å². The molecule has 0 bridgehead atoms. The largest absolute Gasteiger partial charge is 0.355 e. The van der Waals surface area contributed by atoms with Gasteiger partial charge in [-0.2, -0.15) is 0 Å². The van der Waals surface area contributed by atoms with Crippen molar-refractivity contribution in [3.8, 4) is 0 Å². The van der Waals surface area contributed by atoms with Gasteiger partial charge in [-0.25, -0.2) is 4.39 Å². The molecule has 0 saturated heterocycles. The third kappa shape index (κ3) is 2.25. The van der Waals surface area contributed by atoms with Crippen molar-refractivity contribution >= 4 is 17.7 Å². The lowest BCUT2D eigenvalue weighted by molar-refractivity contribution is 0.112. The first-order chi connectivity index (χ1) is 7.79. The first-order valence-corrected chi connectivity index (χ1v) is 4.86. The molecule has 0 aliphatic carbocycles. The Balaban J connectivity index is 2.26. The second-order valence-corrected chi connectivity index (χ2v) is 3.34. The normalized spacial score (nSPS) is 9.81. The smallest absolute Gasteiger partial charge is 0.152 e. The minimum atomic E-state index is -0.283. The Morgan fingerprint density at radius 3 is 2.38 bits per heavy atom. The summed E-state index contributed by atoms with van der Waals surface area (Å²) in [6.45, 7) is 0. The summed E-state index contributed by atoms with van der Waals surface area (Å²) in [6.07, 6.45) is 0.784. The SMILES string of the molecule is O=Cc1ccccc1Nc1ccc(F)cc1. The summed E-state index contributed by atoms with van der Waals surface area (Å²) in [5.41, 5.74) is 2.03. The fourth-order valence-electron chi connectivity index (χ4n) is 1.40. The highest BCUT2D eigenvalue weighted by Crippen LogP contribution is 2.19. The van der Waals surface area contributed by atoms with Crippen molar-refractivity contribution in [2.75, 3.05) is 5.32 Å². The molecule has 0 saturated carbocycles. The predicted octanol–water partition coefficient (Wildman–Crippen LogP) is 3.38. The molecule has 3 heteroatoms. The van der Waals surface area contributed by atoms with Gasteiger partial charge in [0.05, 0.1) is 0 Å². The maximum atomic E-state index is 12.7. The van der Waals surface area contributed by atoms with Crippen molar-refractivity contribution in [1.82, 2.24) is 0 Å². The van der Waals surface area contributed by atoms with Gasteiger partial charge in [-0.3, -0.25) is 4.79 Å². The lowest BCUT2D eigenvalue weighted by Crippen LogP contribution is -1.94. The quantitative estimate of drug-likeness (QED) is 0.795. The Kier molecular flexibility index (Phi) is 2.96. The van der Waals surface area contributed by atoms with E-state index in [4.69, 9.17) is 0 Å². The van der Waals surface area contributed by atoms with Crippen molar-refractivity contribution in [2.45, 2.75) is 0 Å². The molecular weight excluding hydrogens is 205 g/mol. The van der Waals surface area contributed by atoms with E-state index in [1.165, 1.54) is 12.1 Å². The van der Waals surface area contributed by atoms with E-state index in [9.17, 15) is 9.18 Å². The zero-order valence-electron chi connectivity index (χ0n) is 8.48. The van der Waals surface area contributed by atoms with Gasteiger partial charge in [0.25, 0.3) is 0 Å². The van der Waals surface area contributed by atoms with Gasteiger partial charge in [0.2, 0.25) is 0 Å². The number of halogens is 1. The van der Waals surface area contributed by atoms with E-state index in [-0.39, 0.29) is 5.82 Å². The van der Waals surface area contributed by atoms with Gasteiger partial charge in [-0.05, 0) is 36.4 Å². The summed E-state index contributed by atoms with van der Waals surface area (Å²) >= 11 is 0. The van der Waals surface area contributed by atoms with Crippen LogP contribution in [0.25, 0.3) is 0 Å². The molecule has 0 spiro atoms. The number of benzene rings is 2. The number of nitrogens with one attached hydrogen (secondary N) is 1. The maximum Gasteiger partial charge on any atom is 0.152 e. The summed E-state index contributed by atoms with van der Waals surface area (Å²) in [6, 6.07) is 13.1. The van der Waals surface area contributed by atoms with E-state index < -0.39 is 0 Å². The van der Waals surface area contributed by atoms with Crippen LogP contribution in [0.2, 0.25) is 0 Å². The number of carbonyl (C=O) groups excluding carboxylic acids is 1. The molecule has 0 amide bonds. The number of carbonyl (C=O) groups is 1. The fourth-order valence-corrected chi connectivity index (χ4v) is 1.40. The number of anilines is 2. The Morgan fingerprint density at radius 1 is 1.00 bits per heavy atom. The topological polar surface area (TPSA) is 29.1 Å². The van der Waals surface area contributed by atoms with E-state index in [2.05, 4.69) is 5.32 Å². The Labute approximate surface area is 92.7 Å². The van der Waals surface area contributed by atoms with Gasteiger partial charge in [0.15, 0.2) is 6.29 Å². The molecular formula is C13H10FNO. The molecule has 80 valence electrons. The highest BCUT2D eigenvalue weighted by atomic mass is 19.1. The molecule has 2 aromatic rings. The van der Waals surface area contributed by atoms with Crippen molar-refractivity contribution < 1.29 is 9.18 Å². The Hall–Kier alpha value is -2.16. The van der Waals surface area contributed by atoms with Gasteiger partial charge in [-0.1, -0.05) is 12.1 Å². The standard InChI is InChI=1S/C13H10FNO/c14-11-5-7-12(8-6-11)15-13-4-2-1-3-10(13)9-16/h1-9,15H. The monoisotopic (exact) mass is 215 g/mol. The number of rotatable bonds is 3. The number of hydrogen-bond acceptors (Lipinski definition) is 2. The van der Waals surface area contributed by atoms with Gasteiger partial charge in [0.1, 0.15) is 5.82 Å². The molecule has 0 radical (unpaired) electrons. The minimum Gasteiger partial charge on any atom is -0.355 e.